The van der Waals surface area contributed by atoms with Crippen molar-refractivity contribution in [2.75, 3.05) is 0 Å². The van der Waals surface area contributed by atoms with Crippen molar-refractivity contribution in [2.24, 2.45) is 12.8 Å². The summed E-state index contributed by atoms with van der Waals surface area (Å²) in [4.78, 5) is 0. The van der Waals surface area contributed by atoms with E-state index in [4.69, 9.17) is 5.73 Å². The minimum absolute atomic E-state index is 0.476. The quantitative estimate of drug-likeness (QED) is 0.912. The van der Waals surface area contributed by atoms with Crippen molar-refractivity contribution >= 4 is 0 Å². The molecule has 102 valence electrons. The molecule has 2 N–H and O–H groups in total. The Labute approximate surface area is 115 Å². The summed E-state index contributed by atoms with van der Waals surface area (Å²) in [6, 6.07) is 8.81. The number of benzene rings is 1. The van der Waals surface area contributed by atoms with Gasteiger partial charge in [-0.25, -0.2) is 0 Å². The van der Waals surface area contributed by atoms with E-state index in [1.54, 1.807) is 0 Å². The second kappa shape index (κ2) is 5.57. The van der Waals surface area contributed by atoms with E-state index in [1.165, 1.54) is 23.1 Å². The number of aryl methyl sites for hydroxylation is 1. The number of nitrogens with two attached hydrogens (primary N) is 1. The van der Waals surface area contributed by atoms with Gasteiger partial charge >= 0.3 is 0 Å². The normalized spacial score (nSPS) is 12.7. The Kier molecular flexibility index (Phi) is 4.05. The number of hydrogen-bond acceptors (Lipinski definition) is 2. The van der Waals surface area contributed by atoms with Gasteiger partial charge in [-0.1, -0.05) is 38.1 Å². The lowest BCUT2D eigenvalue weighted by Gasteiger charge is -2.10. The molecule has 0 aliphatic rings. The molecule has 1 unspecified atom stereocenters. The summed E-state index contributed by atoms with van der Waals surface area (Å²) in [5.41, 5.74) is 11.7. The molecular weight excluding hydrogens is 234 g/mol. The van der Waals surface area contributed by atoms with Crippen molar-refractivity contribution in [3.05, 3.63) is 41.2 Å². The monoisotopic (exact) mass is 257 g/mol. The fraction of sp³-hybridized carbons (Fsp3) is 0.438. The Hall–Kier alpha value is -1.61. The molecule has 1 heterocycles. The SMILES string of the molecule is CCC(C)c1ccc(-c2c(CN)nn(C)c2C)cc1. The summed E-state index contributed by atoms with van der Waals surface area (Å²) in [6.45, 7) is 7.04. The van der Waals surface area contributed by atoms with E-state index in [0.717, 1.165) is 11.4 Å². The van der Waals surface area contributed by atoms with E-state index in [1.807, 2.05) is 11.7 Å². The van der Waals surface area contributed by atoms with Gasteiger partial charge in [0.2, 0.25) is 0 Å². The molecule has 1 aromatic carbocycles. The third-order valence-electron chi connectivity index (χ3n) is 3.98. The van der Waals surface area contributed by atoms with Crippen LogP contribution in [0, 0.1) is 6.92 Å². The summed E-state index contributed by atoms with van der Waals surface area (Å²) >= 11 is 0. The van der Waals surface area contributed by atoms with E-state index in [-0.39, 0.29) is 0 Å². The lowest BCUT2D eigenvalue weighted by Crippen LogP contribution is -2.00. The molecule has 0 saturated heterocycles. The van der Waals surface area contributed by atoms with Gasteiger partial charge in [-0.05, 0) is 30.4 Å². The van der Waals surface area contributed by atoms with Crippen LogP contribution in [0.15, 0.2) is 24.3 Å². The first-order valence-electron chi connectivity index (χ1n) is 6.91. The Balaban J connectivity index is 2.42. The molecule has 0 bridgehead atoms. The Morgan fingerprint density at radius 1 is 1.26 bits per heavy atom. The van der Waals surface area contributed by atoms with Gasteiger partial charge in [0.1, 0.15) is 0 Å². The van der Waals surface area contributed by atoms with E-state index in [2.05, 4.69) is 50.1 Å². The second-order valence-corrected chi connectivity index (χ2v) is 5.17. The molecule has 0 aliphatic carbocycles. The summed E-state index contributed by atoms with van der Waals surface area (Å²) in [7, 11) is 1.96. The van der Waals surface area contributed by atoms with Crippen LogP contribution in [0.1, 0.15) is 43.1 Å². The maximum Gasteiger partial charge on any atom is 0.0841 e. The van der Waals surface area contributed by atoms with Crippen molar-refractivity contribution < 1.29 is 0 Å². The van der Waals surface area contributed by atoms with Crippen molar-refractivity contribution in [1.82, 2.24) is 9.78 Å². The lowest BCUT2D eigenvalue weighted by molar-refractivity contribution is 0.721. The van der Waals surface area contributed by atoms with Crippen LogP contribution in [0.2, 0.25) is 0 Å². The summed E-state index contributed by atoms with van der Waals surface area (Å²) in [6.07, 6.45) is 1.17. The molecule has 0 spiro atoms. The van der Waals surface area contributed by atoms with Gasteiger partial charge in [-0.15, -0.1) is 0 Å². The zero-order valence-corrected chi connectivity index (χ0v) is 12.3. The Morgan fingerprint density at radius 3 is 2.42 bits per heavy atom. The van der Waals surface area contributed by atoms with Crippen molar-refractivity contribution in [3.63, 3.8) is 0 Å². The molecule has 0 aliphatic heterocycles. The first-order chi connectivity index (χ1) is 9.08. The zero-order valence-electron chi connectivity index (χ0n) is 12.3. The fourth-order valence-corrected chi connectivity index (χ4v) is 2.41. The van der Waals surface area contributed by atoms with Crippen LogP contribution >= 0.6 is 0 Å². The molecule has 0 amide bonds. The van der Waals surface area contributed by atoms with Crippen molar-refractivity contribution in [1.29, 1.82) is 0 Å². The topological polar surface area (TPSA) is 43.8 Å². The van der Waals surface area contributed by atoms with Gasteiger partial charge in [0.25, 0.3) is 0 Å². The Bertz CT molecular complexity index is 552. The number of nitrogens with zero attached hydrogens (tertiary/aromatic N) is 2. The van der Waals surface area contributed by atoms with Gasteiger partial charge < -0.3 is 5.73 Å². The maximum atomic E-state index is 5.79. The fourth-order valence-electron chi connectivity index (χ4n) is 2.41. The van der Waals surface area contributed by atoms with Crippen LogP contribution in [0.25, 0.3) is 11.1 Å². The first kappa shape index (κ1) is 13.8. The van der Waals surface area contributed by atoms with Crippen LogP contribution < -0.4 is 5.73 Å². The molecule has 19 heavy (non-hydrogen) atoms. The van der Waals surface area contributed by atoms with E-state index in [0.29, 0.717) is 12.5 Å². The van der Waals surface area contributed by atoms with Gasteiger partial charge in [0.15, 0.2) is 0 Å². The van der Waals surface area contributed by atoms with E-state index < -0.39 is 0 Å². The highest BCUT2D eigenvalue weighted by atomic mass is 15.3. The molecule has 3 heteroatoms. The molecule has 0 saturated carbocycles. The number of hydrogen-bond donors (Lipinski definition) is 1. The molecule has 1 atom stereocenters. The number of rotatable bonds is 4. The zero-order chi connectivity index (χ0) is 14.0. The smallest absolute Gasteiger partial charge is 0.0841 e. The lowest BCUT2D eigenvalue weighted by atomic mass is 9.95. The highest BCUT2D eigenvalue weighted by Crippen LogP contribution is 2.28. The molecule has 1 aromatic heterocycles. The molecule has 0 radical (unpaired) electrons. The van der Waals surface area contributed by atoms with E-state index >= 15 is 0 Å². The van der Waals surface area contributed by atoms with Gasteiger partial charge in [0.05, 0.1) is 5.69 Å². The summed E-state index contributed by atoms with van der Waals surface area (Å²) in [5, 5.41) is 4.47. The first-order valence-corrected chi connectivity index (χ1v) is 6.91. The maximum absolute atomic E-state index is 5.79. The second-order valence-electron chi connectivity index (χ2n) is 5.17. The highest BCUT2D eigenvalue weighted by molar-refractivity contribution is 5.69. The van der Waals surface area contributed by atoms with Crippen LogP contribution in [-0.2, 0) is 13.6 Å². The standard InChI is InChI=1S/C16H23N3/c1-5-11(2)13-6-8-14(9-7-13)16-12(3)19(4)18-15(16)10-17/h6-9,11H,5,10,17H2,1-4H3. The summed E-state index contributed by atoms with van der Waals surface area (Å²) in [5.74, 6) is 0.609. The van der Waals surface area contributed by atoms with Crippen molar-refractivity contribution in [2.45, 2.75) is 39.7 Å². The molecular formula is C16H23N3. The largest absolute Gasteiger partial charge is 0.325 e. The molecule has 2 aromatic rings. The third-order valence-corrected chi connectivity index (χ3v) is 3.98. The molecule has 3 nitrogen and oxygen atoms in total. The van der Waals surface area contributed by atoms with Crippen LogP contribution in [0.5, 0.6) is 0 Å². The molecule has 2 rings (SSSR count). The Morgan fingerprint density at radius 2 is 1.89 bits per heavy atom. The summed E-state index contributed by atoms with van der Waals surface area (Å²) < 4.78 is 1.90. The predicted octanol–water partition coefficient (Wildman–Crippen LogP) is 3.37. The molecule has 0 fully saturated rings. The van der Waals surface area contributed by atoms with E-state index in [9.17, 15) is 0 Å². The number of aromatic nitrogens is 2. The predicted molar refractivity (Wildman–Crippen MR) is 80.0 cm³/mol. The van der Waals surface area contributed by atoms with Crippen LogP contribution in [-0.4, -0.2) is 9.78 Å². The average Bonchev–Trinajstić information content (AvgIpc) is 2.73. The third kappa shape index (κ3) is 2.56. The van der Waals surface area contributed by atoms with Crippen molar-refractivity contribution in [3.8, 4) is 11.1 Å². The van der Waals surface area contributed by atoms with Gasteiger partial charge in [-0.2, -0.15) is 5.10 Å². The van der Waals surface area contributed by atoms with Crippen LogP contribution in [0.4, 0.5) is 0 Å². The van der Waals surface area contributed by atoms with Crippen LogP contribution in [0.3, 0.4) is 0 Å². The minimum Gasteiger partial charge on any atom is -0.325 e. The minimum atomic E-state index is 0.476. The highest BCUT2D eigenvalue weighted by Gasteiger charge is 2.13. The van der Waals surface area contributed by atoms with Gasteiger partial charge in [0, 0.05) is 24.8 Å². The average molecular weight is 257 g/mol. The van der Waals surface area contributed by atoms with Gasteiger partial charge in [-0.3, -0.25) is 4.68 Å².